The molecular weight excluding hydrogens is 269 g/mol. The summed E-state index contributed by atoms with van der Waals surface area (Å²) < 4.78 is 24.9. The molecule has 0 N–H and O–H groups in total. The molecule has 1 atom stereocenters. The second kappa shape index (κ2) is 5.34. The van der Waals surface area contributed by atoms with Crippen LogP contribution in [0.2, 0.25) is 0 Å². The molecule has 4 rings (SSSR count). The lowest BCUT2D eigenvalue weighted by Gasteiger charge is -2.38. The lowest BCUT2D eigenvalue weighted by Crippen LogP contribution is -2.50. The van der Waals surface area contributed by atoms with E-state index in [0.29, 0.717) is 12.1 Å². The maximum Gasteiger partial charge on any atom is 0.123 e. The molecule has 3 fully saturated rings. The molecule has 1 aromatic rings. The monoisotopic (exact) mass is 291 g/mol. The molecule has 1 spiro atoms. The minimum Gasteiger partial charge on any atom is -0.375 e. The van der Waals surface area contributed by atoms with Gasteiger partial charge in [0.2, 0.25) is 0 Å². The van der Waals surface area contributed by atoms with Crippen LogP contribution in [0.4, 0.5) is 4.39 Å². The van der Waals surface area contributed by atoms with Crippen LogP contribution >= 0.6 is 0 Å². The third-order valence-electron chi connectivity index (χ3n) is 4.84. The van der Waals surface area contributed by atoms with E-state index in [1.165, 1.54) is 18.9 Å². The van der Waals surface area contributed by atoms with Gasteiger partial charge >= 0.3 is 0 Å². The Labute approximate surface area is 125 Å². The van der Waals surface area contributed by atoms with Crippen LogP contribution in [0.5, 0.6) is 0 Å². The molecule has 0 radical (unpaired) electrons. The Morgan fingerprint density at radius 2 is 2.10 bits per heavy atom. The minimum absolute atomic E-state index is 0.0265. The third-order valence-corrected chi connectivity index (χ3v) is 4.84. The van der Waals surface area contributed by atoms with E-state index in [4.69, 9.17) is 9.47 Å². The van der Waals surface area contributed by atoms with Crippen LogP contribution in [0.15, 0.2) is 24.3 Å². The summed E-state index contributed by atoms with van der Waals surface area (Å²) in [5, 5.41) is 0. The number of ether oxygens (including phenoxy) is 2. The van der Waals surface area contributed by atoms with Crippen LogP contribution in [0.25, 0.3) is 0 Å². The number of hydrogen-bond acceptors (Lipinski definition) is 3. The lowest BCUT2D eigenvalue weighted by molar-refractivity contribution is -0.202. The van der Waals surface area contributed by atoms with Crippen molar-refractivity contribution in [2.24, 2.45) is 0 Å². The van der Waals surface area contributed by atoms with Crippen LogP contribution in [0, 0.1) is 5.82 Å². The summed E-state index contributed by atoms with van der Waals surface area (Å²) in [5.41, 5.74) is 1.08. The number of nitrogens with zero attached hydrogens (tertiary/aromatic N) is 1. The molecule has 3 aliphatic rings. The molecule has 1 aromatic carbocycles. The fourth-order valence-electron chi connectivity index (χ4n) is 3.48. The highest BCUT2D eigenvalue weighted by atomic mass is 19.1. The second-order valence-corrected chi connectivity index (χ2v) is 6.74. The van der Waals surface area contributed by atoms with Crippen LogP contribution in [0.1, 0.15) is 31.2 Å². The summed E-state index contributed by atoms with van der Waals surface area (Å²) in [7, 11) is 0. The van der Waals surface area contributed by atoms with Crippen molar-refractivity contribution in [3.63, 3.8) is 0 Å². The third kappa shape index (κ3) is 2.98. The van der Waals surface area contributed by atoms with Gasteiger partial charge in [-0.1, -0.05) is 12.1 Å². The zero-order valence-corrected chi connectivity index (χ0v) is 12.3. The minimum atomic E-state index is -0.147. The van der Waals surface area contributed by atoms with Crippen molar-refractivity contribution in [3.8, 4) is 0 Å². The normalized spacial score (nSPS) is 27.2. The van der Waals surface area contributed by atoms with Crippen molar-refractivity contribution in [1.29, 1.82) is 0 Å². The van der Waals surface area contributed by atoms with Gasteiger partial charge in [0.05, 0.1) is 19.3 Å². The predicted octanol–water partition coefficient (Wildman–Crippen LogP) is 2.74. The van der Waals surface area contributed by atoms with E-state index >= 15 is 0 Å². The molecule has 4 heteroatoms. The number of hydrogen-bond donors (Lipinski definition) is 0. The van der Waals surface area contributed by atoms with Gasteiger partial charge in [0, 0.05) is 19.1 Å². The summed E-state index contributed by atoms with van der Waals surface area (Å²) in [6.45, 7) is 3.31. The van der Waals surface area contributed by atoms with Gasteiger partial charge in [-0.3, -0.25) is 4.90 Å². The van der Waals surface area contributed by atoms with Crippen molar-refractivity contribution in [3.05, 3.63) is 35.6 Å². The Balaban J connectivity index is 1.38. The first-order chi connectivity index (χ1) is 10.2. The van der Waals surface area contributed by atoms with Gasteiger partial charge < -0.3 is 9.47 Å². The van der Waals surface area contributed by atoms with Crippen molar-refractivity contribution >= 4 is 0 Å². The number of rotatable bonds is 5. The summed E-state index contributed by atoms with van der Waals surface area (Å²) in [4.78, 5) is 2.47. The molecule has 1 unspecified atom stereocenters. The van der Waals surface area contributed by atoms with Gasteiger partial charge in [0.15, 0.2) is 0 Å². The van der Waals surface area contributed by atoms with E-state index in [0.717, 1.165) is 44.7 Å². The Kier molecular flexibility index (Phi) is 3.48. The maximum absolute atomic E-state index is 13.3. The first kappa shape index (κ1) is 13.7. The largest absolute Gasteiger partial charge is 0.375 e. The van der Waals surface area contributed by atoms with E-state index in [1.54, 1.807) is 12.1 Å². The molecule has 21 heavy (non-hydrogen) atoms. The lowest BCUT2D eigenvalue weighted by atomic mass is 9.98. The quantitative estimate of drug-likeness (QED) is 0.832. The Hall–Kier alpha value is -0.970. The molecule has 0 bridgehead atoms. The molecule has 1 aliphatic carbocycles. The van der Waals surface area contributed by atoms with Gasteiger partial charge in [-0.15, -0.1) is 0 Å². The standard InChI is InChI=1S/C17H22FNO2/c18-14-3-1-2-13(8-14)9-19(15-4-5-15)10-16-6-7-17(21-16)11-20-12-17/h1-3,8,15-16H,4-7,9-12H2. The highest BCUT2D eigenvalue weighted by Crippen LogP contribution is 2.38. The topological polar surface area (TPSA) is 21.7 Å². The fraction of sp³-hybridized carbons (Fsp3) is 0.647. The predicted molar refractivity (Wildman–Crippen MR) is 77.5 cm³/mol. The first-order valence-electron chi connectivity index (χ1n) is 7.97. The maximum atomic E-state index is 13.3. The zero-order valence-electron chi connectivity index (χ0n) is 12.3. The summed E-state index contributed by atoms with van der Waals surface area (Å²) >= 11 is 0. The highest BCUT2D eigenvalue weighted by Gasteiger charge is 2.47. The smallest absolute Gasteiger partial charge is 0.123 e. The molecule has 2 heterocycles. The van der Waals surface area contributed by atoms with Crippen molar-refractivity contribution < 1.29 is 13.9 Å². The molecule has 0 amide bonds. The first-order valence-corrected chi connectivity index (χ1v) is 7.97. The number of halogens is 1. The SMILES string of the molecule is Fc1cccc(CN(CC2CCC3(COC3)O2)C2CC2)c1. The van der Waals surface area contributed by atoms with E-state index in [1.807, 2.05) is 6.07 Å². The van der Waals surface area contributed by atoms with E-state index in [-0.39, 0.29) is 11.4 Å². The van der Waals surface area contributed by atoms with Gasteiger partial charge in [0.1, 0.15) is 11.4 Å². The van der Waals surface area contributed by atoms with Gasteiger partial charge in [-0.25, -0.2) is 4.39 Å². The second-order valence-electron chi connectivity index (χ2n) is 6.74. The molecular formula is C17H22FNO2. The van der Waals surface area contributed by atoms with Crippen molar-refractivity contribution in [2.45, 2.75) is 50.0 Å². The van der Waals surface area contributed by atoms with Crippen LogP contribution < -0.4 is 0 Å². The van der Waals surface area contributed by atoms with E-state index < -0.39 is 0 Å². The summed E-state index contributed by atoms with van der Waals surface area (Å²) in [6, 6.07) is 7.61. The fourth-order valence-corrected chi connectivity index (χ4v) is 3.48. The molecule has 2 saturated heterocycles. The Morgan fingerprint density at radius 1 is 1.24 bits per heavy atom. The Morgan fingerprint density at radius 3 is 2.71 bits per heavy atom. The zero-order chi connectivity index (χ0) is 14.3. The summed E-state index contributed by atoms with van der Waals surface area (Å²) in [5.74, 6) is -0.147. The number of benzene rings is 1. The van der Waals surface area contributed by atoms with Crippen LogP contribution in [-0.4, -0.2) is 42.4 Å². The van der Waals surface area contributed by atoms with Crippen molar-refractivity contribution in [1.82, 2.24) is 4.90 Å². The average Bonchev–Trinajstić information content (AvgIpc) is 3.18. The van der Waals surface area contributed by atoms with Gasteiger partial charge in [-0.2, -0.15) is 0 Å². The van der Waals surface area contributed by atoms with Gasteiger partial charge in [-0.05, 0) is 43.4 Å². The van der Waals surface area contributed by atoms with Crippen molar-refractivity contribution in [2.75, 3.05) is 19.8 Å². The van der Waals surface area contributed by atoms with Crippen LogP contribution in [-0.2, 0) is 16.0 Å². The molecule has 2 aliphatic heterocycles. The Bertz CT molecular complexity index is 513. The van der Waals surface area contributed by atoms with Gasteiger partial charge in [0.25, 0.3) is 0 Å². The van der Waals surface area contributed by atoms with E-state index in [2.05, 4.69) is 4.90 Å². The molecule has 114 valence electrons. The summed E-state index contributed by atoms with van der Waals surface area (Å²) in [6.07, 6.45) is 5.07. The highest BCUT2D eigenvalue weighted by molar-refractivity contribution is 5.16. The van der Waals surface area contributed by atoms with Crippen LogP contribution in [0.3, 0.4) is 0 Å². The van der Waals surface area contributed by atoms with E-state index in [9.17, 15) is 4.39 Å². The molecule has 3 nitrogen and oxygen atoms in total. The average molecular weight is 291 g/mol. The molecule has 1 saturated carbocycles. The molecule has 0 aromatic heterocycles.